The van der Waals surface area contributed by atoms with Crippen LogP contribution in [0, 0.1) is 23.7 Å². The molecule has 1 aliphatic rings. The second kappa shape index (κ2) is 5.75. The smallest absolute Gasteiger partial charge is 0.0860 e. The Balaban J connectivity index is 2.74. The molecule has 0 nitrogen and oxygen atoms in total. The molecular formula is C16H26F-. The lowest BCUT2D eigenvalue weighted by molar-refractivity contribution is 0.220. The lowest BCUT2D eigenvalue weighted by atomic mass is 9.73. The van der Waals surface area contributed by atoms with Crippen molar-refractivity contribution in [2.45, 2.75) is 47.5 Å². The van der Waals surface area contributed by atoms with E-state index in [1.807, 2.05) is 0 Å². The van der Waals surface area contributed by atoms with Crippen LogP contribution in [0.1, 0.15) is 47.5 Å². The fourth-order valence-corrected chi connectivity index (χ4v) is 2.41. The summed E-state index contributed by atoms with van der Waals surface area (Å²) in [7, 11) is 0. The van der Waals surface area contributed by atoms with Crippen LogP contribution in [0.2, 0.25) is 0 Å². The summed E-state index contributed by atoms with van der Waals surface area (Å²) in [6, 6.07) is 0. The van der Waals surface area contributed by atoms with E-state index in [4.69, 9.17) is 0 Å². The lowest BCUT2D eigenvalue weighted by Crippen LogP contribution is -2.25. The molecule has 0 aromatic carbocycles. The molecule has 1 aliphatic carbocycles. The van der Waals surface area contributed by atoms with Gasteiger partial charge in [0, 0.05) is 0 Å². The SMILES string of the molecule is CC(C)C=C1[CH-]C=C(C(CF)C(C)(C)C)CC1. The third-order valence-electron chi connectivity index (χ3n) is 3.41. The Labute approximate surface area is 106 Å². The second-order valence-corrected chi connectivity index (χ2v) is 6.47. The van der Waals surface area contributed by atoms with E-state index in [2.05, 4.69) is 53.2 Å². The molecule has 0 fully saturated rings. The van der Waals surface area contributed by atoms with Gasteiger partial charge in [-0.2, -0.15) is 29.7 Å². The van der Waals surface area contributed by atoms with Gasteiger partial charge in [0.05, 0.1) is 6.67 Å². The lowest BCUT2D eigenvalue weighted by Gasteiger charge is -2.37. The fourth-order valence-electron chi connectivity index (χ4n) is 2.41. The molecule has 1 atom stereocenters. The van der Waals surface area contributed by atoms with Crippen LogP contribution in [0.4, 0.5) is 4.39 Å². The van der Waals surface area contributed by atoms with E-state index in [-0.39, 0.29) is 18.0 Å². The maximum Gasteiger partial charge on any atom is 0.0860 e. The van der Waals surface area contributed by atoms with Gasteiger partial charge in [0.25, 0.3) is 0 Å². The van der Waals surface area contributed by atoms with Gasteiger partial charge < -0.3 is 0 Å². The summed E-state index contributed by atoms with van der Waals surface area (Å²) in [5.74, 6) is 0.662. The molecular weight excluding hydrogens is 211 g/mol. The molecule has 0 aromatic heterocycles. The minimum absolute atomic E-state index is 0.0215. The van der Waals surface area contributed by atoms with Crippen LogP contribution in [0.5, 0.6) is 0 Å². The van der Waals surface area contributed by atoms with Crippen LogP contribution in [-0.2, 0) is 0 Å². The van der Waals surface area contributed by atoms with Crippen LogP contribution >= 0.6 is 0 Å². The molecule has 0 aromatic rings. The van der Waals surface area contributed by atoms with E-state index in [0.29, 0.717) is 5.92 Å². The zero-order chi connectivity index (χ0) is 13.1. The molecule has 1 rings (SSSR count). The van der Waals surface area contributed by atoms with E-state index in [1.165, 1.54) is 11.1 Å². The maximum atomic E-state index is 13.2. The maximum absolute atomic E-state index is 13.2. The first-order valence-electron chi connectivity index (χ1n) is 6.65. The van der Waals surface area contributed by atoms with Gasteiger partial charge in [-0.1, -0.05) is 53.4 Å². The zero-order valence-electron chi connectivity index (χ0n) is 11.9. The summed E-state index contributed by atoms with van der Waals surface area (Å²) >= 11 is 0. The third kappa shape index (κ3) is 4.22. The number of halogens is 1. The second-order valence-electron chi connectivity index (χ2n) is 6.47. The van der Waals surface area contributed by atoms with Crippen molar-refractivity contribution >= 4 is 0 Å². The monoisotopic (exact) mass is 237 g/mol. The highest BCUT2D eigenvalue weighted by Crippen LogP contribution is 2.37. The average molecular weight is 237 g/mol. The molecule has 1 heteroatoms. The molecule has 0 N–H and O–H groups in total. The molecule has 0 saturated heterocycles. The number of rotatable bonds is 3. The normalized spacial score (nSPS) is 21.4. The van der Waals surface area contributed by atoms with Gasteiger partial charge in [0.15, 0.2) is 0 Å². The third-order valence-corrected chi connectivity index (χ3v) is 3.41. The Morgan fingerprint density at radius 3 is 2.35 bits per heavy atom. The highest BCUT2D eigenvalue weighted by Gasteiger charge is 2.25. The van der Waals surface area contributed by atoms with Gasteiger partial charge in [0.1, 0.15) is 0 Å². The average Bonchev–Trinajstić information content (AvgIpc) is 2.18. The van der Waals surface area contributed by atoms with E-state index < -0.39 is 0 Å². The first-order chi connectivity index (χ1) is 7.84. The number of alkyl halides is 1. The first kappa shape index (κ1) is 14.3. The predicted molar refractivity (Wildman–Crippen MR) is 73.5 cm³/mol. The summed E-state index contributed by atoms with van der Waals surface area (Å²) in [5, 5.41) is 0. The number of allylic oxidation sites excluding steroid dienone is 4. The molecule has 0 bridgehead atoms. The topological polar surface area (TPSA) is 0 Å². The Morgan fingerprint density at radius 1 is 1.35 bits per heavy atom. The van der Waals surface area contributed by atoms with Crippen molar-refractivity contribution in [1.82, 2.24) is 0 Å². The van der Waals surface area contributed by atoms with Gasteiger partial charge >= 0.3 is 0 Å². The summed E-state index contributed by atoms with van der Waals surface area (Å²) in [6.45, 7) is 10.5. The standard InChI is InChI=1S/C16H26F/c1-12(2)10-13-6-8-14(9-7-13)15(11-17)16(3,4)5/h6,8,10,12,15H,7,9,11H2,1-5H3/q-1. The molecule has 1 unspecified atom stereocenters. The van der Waals surface area contributed by atoms with E-state index in [0.717, 1.165) is 12.8 Å². The largest absolute Gasteiger partial charge is 0.252 e. The van der Waals surface area contributed by atoms with E-state index in [9.17, 15) is 4.39 Å². The van der Waals surface area contributed by atoms with Gasteiger partial charge in [-0.05, 0) is 11.3 Å². The van der Waals surface area contributed by atoms with Gasteiger partial charge in [-0.25, -0.2) is 0 Å². The Kier molecular flexibility index (Phi) is 4.85. The van der Waals surface area contributed by atoms with E-state index in [1.54, 1.807) is 0 Å². The Bertz CT molecular complexity index is 302. The van der Waals surface area contributed by atoms with E-state index >= 15 is 0 Å². The van der Waals surface area contributed by atoms with Crippen molar-refractivity contribution in [2.75, 3.05) is 6.67 Å². The minimum atomic E-state index is -0.244. The zero-order valence-corrected chi connectivity index (χ0v) is 11.9. The summed E-state index contributed by atoms with van der Waals surface area (Å²) in [6.07, 6.45) is 8.70. The van der Waals surface area contributed by atoms with Crippen LogP contribution in [-0.4, -0.2) is 6.67 Å². The summed E-state index contributed by atoms with van der Waals surface area (Å²) < 4.78 is 13.2. The number of hydrogen-bond acceptors (Lipinski definition) is 0. The highest BCUT2D eigenvalue weighted by atomic mass is 19.1. The molecule has 0 saturated carbocycles. The quantitative estimate of drug-likeness (QED) is 0.597. The van der Waals surface area contributed by atoms with Gasteiger partial charge in [0.2, 0.25) is 0 Å². The van der Waals surface area contributed by atoms with Crippen molar-refractivity contribution in [1.29, 1.82) is 0 Å². The van der Waals surface area contributed by atoms with Crippen molar-refractivity contribution in [3.05, 3.63) is 29.7 Å². The minimum Gasteiger partial charge on any atom is -0.252 e. The molecule has 0 spiro atoms. The first-order valence-corrected chi connectivity index (χ1v) is 6.65. The van der Waals surface area contributed by atoms with Crippen LogP contribution in [0.15, 0.2) is 23.3 Å². The van der Waals surface area contributed by atoms with Crippen molar-refractivity contribution in [2.24, 2.45) is 17.3 Å². The van der Waals surface area contributed by atoms with Crippen LogP contribution in [0.3, 0.4) is 0 Å². The summed E-state index contributed by atoms with van der Waals surface area (Å²) in [4.78, 5) is 0. The predicted octanol–water partition coefficient (Wildman–Crippen LogP) is 5.13. The molecule has 0 aliphatic heterocycles. The van der Waals surface area contributed by atoms with Crippen molar-refractivity contribution in [3.8, 4) is 0 Å². The molecule has 0 heterocycles. The Hall–Kier alpha value is -0.720. The molecule has 0 radical (unpaired) electrons. The fraction of sp³-hybridized carbons (Fsp3) is 0.688. The molecule has 17 heavy (non-hydrogen) atoms. The molecule has 98 valence electrons. The number of hydrogen-bond donors (Lipinski definition) is 0. The summed E-state index contributed by atoms with van der Waals surface area (Å²) in [5.41, 5.74) is 2.70. The highest BCUT2D eigenvalue weighted by molar-refractivity contribution is 5.32. The Morgan fingerprint density at radius 2 is 2.00 bits per heavy atom. The molecule has 0 amide bonds. The van der Waals surface area contributed by atoms with Gasteiger partial charge in [-0.15, -0.1) is 0 Å². The van der Waals surface area contributed by atoms with Crippen molar-refractivity contribution in [3.63, 3.8) is 0 Å². The van der Waals surface area contributed by atoms with Crippen LogP contribution < -0.4 is 0 Å². The van der Waals surface area contributed by atoms with Gasteiger partial charge in [-0.3, -0.25) is 4.39 Å². The van der Waals surface area contributed by atoms with Crippen molar-refractivity contribution < 1.29 is 4.39 Å². The van der Waals surface area contributed by atoms with Crippen LogP contribution in [0.25, 0.3) is 0 Å².